The maximum absolute atomic E-state index is 10.4. The first kappa shape index (κ1) is 15.4. The number of hydrogen-bond acceptors (Lipinski definition) is 2. The molecule has 0 saturated carbocycles. The average Bonchev–Trinajstić information content (AvgIpc) is 2.25. The first-order valence-corrected chi connectivity index (χ1v) is 6.45. The maximum atomic E-state index is 10.4. The van der Waals surface area contributed by atoms with E-state index in [0.717, 1.165) is 24.7 Å². The standard InChI is InChI=1S/C16H23NO2/c1-16(2,3)12-17(4)11-14-7-5-13(6-8-14)9-10-15(18)19/h5-10H,11-12H2,1-4H3,(H,18,19). The minimum Gasteiger partial charge on any atom is -0.478 e. The van der Waals surface area contributed by atoms with Gasteiger partial charge in [0.1, 0.15) is 0 Å². The van der Waals surface area contributed by atoms with E-state index in [1.54, 1.807) is 6.08 Å². The zero-order valence-corrected chi connectivity index (χ0v) is 12.2. The third-order valence-electron chi connectivity index (χ3n) is 2.59. The molecule has 0 unspecified atom stereocenters. The number of rotatable bonds is 5. The van der Waals surface area contributed by atoms with Crippen molar-refractivity contribution in [3.63, 3.8) is 0 Å². The van der Waals surface area contributed by atoms with Crippen molar-refractivity contribution in [2.45, 2.75) is 27.3 Å². The van der Waals surface area contributed by atoms with Crippen LogP contribution in [-0.4, -0.2) is 29.6 Å². The largest absolute Gasteiger partial charge is 0.478 e. The van der Waals surface area contributed by atoms with Crippen molar-refractivity contribution in [1.29, 1.82) is 0 Å². The lowest BCUT2D eigenvalue weighted by Crippen LogP contribution is -2.28. The van der Waals surface area contributed by atoms with Gasteiger partial charge in [0.05, 0.1) is 0 Å². The molecule has 0 amide bonds. The van der Waals surface area contributed by atoms with Gasteiger partial charge in [-0.05, 0) is 29.7 Å². The fraction of sp³-hybridized carbons (Fsp3) is 0.438. The van der Waals surface area contributed by atoms with Gasteiger partial charge in [-0.25, -0.2) is 4.79 Å². The molecule has 19 heavy (non-hydrogen) atoms. The fourth-order valence-corrected chi connectivity index (χ4v) is 2.08. The topological polar surface area (TPSA) is 40.5 Å². The molecule has 1 rings (SSSR count). The third-order valence-corrected chi connectivity index (χ3v) is 2.59. The van der Waals surface area contributed by atoms with Crippen LogP contribution >= 0.6 is 0 Å². The summed E-state index contributed by atoms with van der Waals surface area (Å²) in [5.74, 6) is -0.922. The molecule has 0 radical (unpaired) electrons. The molecular weight excluding hydrogens is 238 g/mol. The molecule has 104 valence electrons. The first-order chi connectivity index (χ1) is 8.76. The van der Waals surface area contributed by atoms with Crippen LogP contribution in [0.4, 0.5) is 0 Å². The normalized spacial score (nSPS) is 12.3. The molecule has 0 atom stereocenters. The first-order valence-electron chi connectivity index (χ1n) is 6.45. The maximum Gasteiger partial charge on any atom is 0.328 e. The highest BCUT2D eigenvalue weighted by Gasteiger charge is 2.13. The van der Waals surface area contributed by atoms with Gasteiger partial charge in [0, 0.05) is 19.2 Å². The smallest absolute Gasteiger partial charge is 0.328 e. The molecule has 0 saturated heterocycles. The molecule has 0 fully saturated rings. The summed E-state index contributed by atoms with van der Waals surface area (Å²) >= 11 is 0. The highest BCUT2D eigenvalue weighted by Crippen LogP contribution is 2.16. The van der Waals surface area contributed by atoms with E-state index in [2.05, 4.69) is 32.7 Å². The van der Waals surface area contributed by atoms with Gasteiger partial charge in [0.25, 0.3) is 0 Å². The van der Waals surface area contributed by atoms with E-state index < -0.39 is 5.97 Å². The summed E-state index contributed by atoms with van der Waals surface area (Å²) in [5.41, 5.74) is 2.43. The summed E-state index contributed by atoms with van der Waals surface area (Å²) in [6, 6.07) is 7.97. The number of aliphatic carboxylic acids is 1. The highest BCUT2D eigenvalue weighted by molar-refractivity contribution is 5.85. The molecule has 1 aromatic rings. The van der Waals surface area contributed by atoms with Crippen molar-refractivity contribution < 1.29 is 9.90 Å². The molecule has 0 bridgehead atoms. The lowest BCUT2D eigenvalue weighted by atomic mass is 9.96. The number of carboxylic acids is 1. The number of hydrogen-bond donors (Lipinski definition) is 1. The van der Waals surface area contributed by atoms with Crippen LogP contribution in [0.25, 0.3) is 6.08 Å². The van der Waals surface area contributed by atoms with Crippen LogP contribution < -0.4 is 0 Å². The lowest BCUT2D eigenvalue weighted by Gasteiger charge is -2.26. The van der Waals surface area contributed by atoms with Crippen LogP contribution in [-0.2, 0) is 11.3 Å². The minimum atomic E-state index is -0.922. The van der Waals surface area contributed by atoms with E-state index >= 15 is 0 Å². The van der Waals surface area contributed by atoms with Gasteiger partial charge in [-0.2, -0.15) is 0 Å². The van der Waals surface area contributed by atoms with Gasteiger partial charge in [0.15, 0.2) is 0 Å². The van der Waals surface area contributed by atoms with Gasteiger partial charge in [-0.3, -0.25) is 0 Å². The Morgan fingerprint density at radius 2 is 1.84 bits per heavy atom. The second-order valence-corrected chi connectivity index (χ2v) is 6.15. The van der Waals surface area contributed by atoms with E-state index in [9.17, 15) is 4.79 Å². The Balaban J connectivity index is 2.59. The van der Waals surface area contributed by atoms with E-state index in [-0.39, 0.29) is 0 Å². The Bertz CT molecular complexity index is 441. The molecular formula is C16H23NO2. The van der Waals surface area contributed by atoms with E-state index in [4.69, 9.17) is 5.11 Å². The van der Waals surface area contributed by atoms with E-state index in [0.29, 0.717) is 5.41 Å². The Labute approximate surface area is 115 Å². The molecule has 1 N–H and O–H groups in total. The Morgan fingerprint density at radius 3 is 2.32 bits per heavy atom. The van der Waals surface area contributed by atoms with Crippen molar-refractivity contribution in [1.82, 2.24) is 4.90 Å². The van der Waals surface area contributed by atoms with Crippen molar-refractivity contribution in [2.24, 2.45) is 5.41 Å². The minimum absolute atomic E-state index is 0.291. The van der Waals surface area contributed by atoms with Gasteiger partial charge in [-0.15, -0.1) is 0 Å². The molecule has 0 aliphatic heterocycles. The Hall–Kier alpha value is -1.61. The molecule has 0 heterocycles. The van der Waals surface area contributed by atoms with Crippen LogP contribution in [0.3, 0.4) is 0 Å². The van der Waals surface area contributed by atoms with Crippen molar-refractivity contribution in [3.8, 4) is 0 Å². The van der Waals surface area contributed by atoms with Crippen LogP contribution in [0.1, 0.15) is 31.9 Å². The summed E-state index contributed by atoms with van der Waals surface area (Å²) < 4.78 is 0. The predicted molar refractivity (Wildman–Crippen MR) is 78.9 cm³/mol. The van der Waals surface area contributed by atoms with Gasteiger partial charge >= 0.3 is 5.97 Å². The quantitative estimate of drug-likeness (QED) is 0.827. The Kier molecular flexibility index (Phi) is 5.31. The number of carboxylic acid groups (broad SMARTS) is 1. The second kappa shape index (κ2) is 6.53. The number of benzene rings is 1. The van der Waals surface area contributed by atoms with E-state index in [1.807, 2.05) is 24.3 Å². The van der Waals surface area contributed by atoms with Crippen molar-refractivity contribution in [2.75, 3.05) is 13.6 Å². The molecule has 1 aromatic carbocycles. The molecule has 0 aliphatic carbocycles. The second-order valence-electron chi connectivity index (χ2n) is 6.15. The average molecular weight is 261 g/mol. The fourth-order valence-electron chi connectivity index (χ4n) is 2.08. The van der Waals surface area contributed by atoms with Gasteiger partial charge in [-0.1, -0.05) is 45.0 Å². The summed E-state index contributed by atoms with van der Waals surface area (Å²) in [4.78, 5) is 12.7. The van der Waals surface area contributed by atoms with Crippen LogP contribution in [0.2, 0.25) is 0 Å². The number of nitrogens with zero attached hydrogens (tertiary/aromatic N) is 1. The van der Waals surface area contributed by atoms with Crippen molar-refractivity contribution >= 4 is 12.0 Å². The molecule has 0 aliphatic rings. The zero-order chi connectivity index (χ0) is 14.5. The Morgan fingerprint density at radius 1 is 1.26 bits per heavy atom. The van der Waals surface area contributed by atoms with Gasteiger partial charge in [0.2, 0.25) is 0 Å². The monoisotopic (exact) mass is 261 g/mol. The third kappa shape index (κ3) is 6.77. The van der Waals surface area contributed by atoms with Crippen molar-refractivity contribution in [3.05, 3.63) is 41.5 Å². The summed E-state index contributed by atoms with van der Waals surface area (Å²) in [7, 11) is 2.11. The molecule has 0 spiro atoms. The highest BCUT2D eigenvalue weighted by atomic mass is 16.4. The molecule has 0 aromatic heterocycles. The molecule has 3 heteroatoms. The van der Waals surface area contributed by atoms with Gasteiger partial charge < -0.3 is 10.0 Å². The summed E-state index contributed by atoms with van der Waals surface area (Å²) in [6.45, 7) is 8.61. The van der Waals surface area contributed by atoms with Crippen LogP contribution in [0.15, 0.2) is 30.3 Å². The zero-order valence-electron chi connectivity index (χ0n) is 12.2. The lowest BCUT2D eigenvalue weighted by molar-refractivity contribution is -0.131. The molecule has 3 nitrogen and oxygen atoms in total. The summed E-state index contributed by atoms with van der Waals surface area (Å²) in [5, 5.41) is 8.56. The summed E-state index contributed by atoms with van der Waals surface area (Å²) in [6.07, 6.45) is 2.76. The van der Waals surface area contributed by atoms with Crippen LogP contribution in [0.5, 0.6) is 0 Å². The predicted octanol–water partition coefficient (Wildman–Crippen LogP) is 3.26. The van der Waals surface area contributed by atoms with E-state index in [1.165, 1.54) is 5.56 Å². The SMILES string of the molecule is CN(Cc1ccc(C=CC(=O)O)cc1)CC(C)(C)C. The van der Waals surface area contributed by atoms with Crippen LogP contribution in [0, 0.1) is 5.41 Å². The number of carbonyl (C=O) groups is 1.